The third kappa shape index (κ3) is 2.58. The second-order valence-electron chi connectivity index (χ2n) is 6.92. The summed E-state index contributed by atoms with van der Waals surface area (Å²) in [6.07, 6.45) is 5.13. The number of fused-ring (bicyclic) bond motifs is 1. The quantitative estimate of drug-likeness (QED) is 0.870. The van der Waals surface area contributed by atoms with E-state index in [1.165, 1.54) is 11.3 Å². The van der Waals surface area contributed by atoms with Crippen molar-refractivity contribution in [1.82, 2.24) is 14.7 Å². The zero-order chi connectivity index (χ0) is 16.7. The van der Waals surface area contributed by atoms with Crippen LogP contribution in [0, 0.1) is 6.92 Å². The van der Waals surface area contributed by atoms with E-state index in [1.54, 1.807) is 4.68 Å². The molecule has 0 radical (unpaired) electrons. The van der Waals surface area contributed by atoms with Gasteiger partial charge in [0.1, 0.15) is 0 Å². The molecule has 4 rings (SSSR count). The minimum absolute atomic E-state index is 0.135. The number of rotatable bonds is 3. The molecule has 1 fully saturated rings. The summed E-state index contributed by atoms with van der Waals surface area (Å²) in [5, 5.41) is 4.32. The molecule has 24 heavy (non-hydrogen) atoms. The highest BCUT2D eigenvalue weighted by Crippen LogP contribution is 2.30. The van der Waals surface area contributed by atoms with Crippen molar-refractivity contribution in [2.75, 3.05) is 24.5 Å². The first kappa shape index (κ1) is 15.2. The fourth-order valence-electron chi connectivity index (χ4n) is 4.11. The molecule has 5 nitrogen and oxygen atoms in total. The standard InChI is InChI=1S/C19H24N4O/c1-14-17(13-21(2)20-14)19(24)23-10-5-7-16(23)12-22-11-9-15-6-3-4-8-18(15)22/h3-4,6,8,13,16H,5,7,9-12H2,1-2H3. The van der Waals surface area contributed by atoms with Crippen molar-refractivity contribution in [3.8, 4) is 0 Å². The van der Waals surface area contributed by atoms with E-state index in [-0.39, 0.29) is 5.91 Å². The van der Waals surface area contributed by atoms with Crippen molar-refractivity contribution >= 4 is 11.6 Å². The van der Waals surface area contributed by atoms with Crippen LogP contribution in [0.4, 0.5) is 5.69 Å². The number of benzene rings is 1. The highest BCUT2D eigenvalue weighted by molar-refractivity contribution is 5.95. The number of amides is 1. The van der Waals surface area contributed by atoms with Crippen LogP contribution in [0.5, 0.6) is 0 Å². The highest BCUT2D eigenvalue weighted by atomic mass is 16.2. The Hall–Kier alpha value is -2.30. The van der Waals surface area contributed by atoms with Crippen molar-refractivity contribution in [2.24, 2.45) is 7.05 Å². The van der Waals surface area contributed by atoms with Crippen LogP contribution in [-0.4, -0.2) is 46.3 Å². The summed E-state index contributed by atoms with van der Waals surface area (Å²) in [4.78, 5) is 17.5. The second-order valence-corrected chi connectivity index (χ2v) is 6.92. The van der Waals surface area contributed by atoms with Gasteiger partial charge in [-0.3, -0.25) is 9.48 Å². The van der Waals surface area contributed by atoms with Gasteiger partial charge >= 0.3 is 0 Å². The number of hydrogen-bond donors (Lipinski definition) is 0. The van der Waals surface area contributed by atoms with Crippen LogP contribution >= 0.6 is 0 Å². The zero-order valence-corrected chi connectivity index (χ0v) is 14.4. The molecule has 126 valence electrons. The van der Waals surface area contributed by atoms with Gasteiger partial charge in [-0.2, -0.15) is 5.10 Å². The molecule has 1 aromatic carbocycles. The van der Waals surface area contributed by atoms with Gasteiger partial charge in [-0.1, -0.05) is 18.2 Å². The van der Waals surface area contributed by atoms with Crippen molar-refractivity contribution in [3.05, 3.63) is 47.3 Å². The SMILES string of the molecule is Cc1nn(C)cc1C(=O)N1CCCC1CN1CCc2ccccc21. The number of para-hydroxylation sites is 1. The number of carbonyl (C=O) groups excluding carboxylic acids is 1. The predicted molar refractivity (Wildman–Crippen MR) is 94.4 cm³/mol. The molecule has 1 amide bonds. The van der Waals surface area contributed by atoms with E-state index in [0.717, 1.165) is 50.2 Å². The lowest BCUT2D eigenvalue weighted by molar-refractivity contribution is 0.0739. The summed E-state index contributed by atoms with van der Waals surface area (Å²) in [5.74, 6) is 0.135. The van der Waals surface area contributed by atoms with Gasteiger partial charge in [0.25, 0.3) is 5.91 Å². The summed E-state index contributed by atoms with van der Waals surface area (Å²) in [6, 6.07) is 8.93. The average molecular weight is 324 g/mol. The molecule has 1 aromatic heterocycles. The van der Waals surface area contributed by atoms with Gasteiger partial charge in [0.2, 0.25) is 0 Å². The van der Waals surface area contributed by atoms with Gasteiger partial charge in [0, 0.05) is 44.6 Å². The first-order valence-corrected chi connectivity index (χ1v) is 8.77. The lowest BCUT2D eigenvalue weighted by atomic mass is 10.1. The van der Waals surface area contributed by atoms with Crippen molar-refractivity contribution in [1.29, 1.82) is 0 Å². The van der Waals surface area contributed by atoms with Gasteiger partial charge in [-0.25, -0.2) is 0 Å². The molecule has 1 atom stereocenters. The number of anilines is 1. The molecule has 0 N–H and O–H groups in total. The summed E-state index contributed by atoms with van der Waals surface area (Å²) in [7, 11) is 1.87. The first-order chi connectivity index (χ1) is 11.6. The number of aromatic nitrogens is 2. The maximum absolute atomic E-state index is 13.0. The number of likely N-dealkylation sites (tertiary alicyclic amines) is 1. The number of nitrogens with zero attached hydrogens (tertiary/aromatic N) is 4. The Morgan fingerprint density at radius 2 is 2.12 bits per heavy atom. The Morgan fingerprint density at radius 3 is 2.92 bits per heavy atom. The third-order valence-corrected chi connectivity index (χ3v) is 5.30. The molecule has 2 aliphatic rings. The molecule has 0 bridgehead atoms. The minimum Gasteiger partial charge on any atom is -0.369 e. The fourth-order valence-corrected chi connectivity index (χ4v) is 4.11. The van der Waals surface area contributed by atoms with Gasteiger partial charge in [0.15, 0.2) is 0 Å². The molecule has 0 aliphatic carbocycles. The van der Waals surface area contributed by atoms with Crippen LogP contribution in [0.2, 0.25) is 0 Å². The van der Waals surface area contributed by atoms with E-state index in [4.69, 9.17) is 0 Å². The van der Waals surface area contributed by atoms with E-state index in [2.05, 4.69) is 39.2 Å². The minimum atomic E-state index is 0.135. The summed E-state index contributed by atoms with van der Waals surface area (Å²) >= 11 is 0. The van der Waals surface area contributed by atoms with Crippen molar-refractivity contribution in [3.63, 3.8) is 0 Å². The predicted octanol–water partition coefficient (Wildman–Crippen LogP) is 2.40. The van der Waals surface area contributed by atoms with Gasteiger partial charge in [-0.15, -0.1) is 0 Å². The fraction of sp³-hybridized carbons (Fsp3) is 0.474. The molecule has 0 spiro atoms. The van der Waals surface area contributed by atoms with Crippen LogP contribution in [0.1, 0.15) is 34.5 Å². The van der Waals surface area contributed by atoms with Crippen molar-refractivity contribution in [2.45, 2.75) is 32.2 Å². The molecule has 5 heteroatoms. The van der Waals surface area contributed by atoms with Gasteiger partial charge in [0.05, 0.1) is 11.3 Å². The number of carbonyl (C=O) groups is 1. The van der Waals surface area contributed by atoms with Gasteiger partial charge < -0.3 is 9.80 Å². The van der Waals surface area contributed by atoms with E-state index in [0.29, 0.717) is 6.04 Å². The highest BCUT2D eigenvalue weighted by Gasteiger charge is 2.33. The normalized spacial score (nSPS) is 19.8. The summed E-state index contributed by atoms with van der Waals surface area (Å²) < 4.78 is 1.73. The second kappa shape index (κ2) is 5.96. The van der Waals surface area contributed by atoms with Crippen LogP contribution in [0.3, 0.4) is 0 Å². The van der Waals surface area contributed by atoms with Crippen LogP contribution in [-0.2, 0) is 13.5 Å². The largest absolute Gasteiger partial charge is 0.369 e. The van der Waals surface area contributed by atoms with E-state index >= 15 is 0 Å². The smallest absolute Gasteiger partial charge is 0.257 e. The maximum Gasteiger partial charge on any atom is 0.257 e. The Labute approximate surface area is 142 Å². The first-order valence-electron chi connectivity index (χ1n) is 8.77. The number of aryl methyl sites for hydroxylation is 2. The Kier molecular flexibility index (Phi) is 3.79. The summed E-state index contributed by atoms with van der Waals surface area (Å²) in [6.45, 7) is 4.76. The monoisotopic (exact) mass is 324 g/mol. The molecule has 1 unspecified atom stereocenters. The lowest BCUT2D eigenvalue weighted by Gasteiger charge is -2.30. The third-order valence-electron chi connectivity index (χ3n) is 5.30. The van der Waals surface area contributed by atoms with E-state index in [1.807, 2.05) is 20.2 Å². The zero-order valence-electron chi connectivity index (χ0n) is 14.4. The van der Waals surface area contributed by atoms with E-state index in [9.17, 15) is 4.79 Å². The Balaban J connectivity index is 1.52. The van der Waals surface area contributed by atoms with Crippen LogP contribution < -0.4 is 4.90 Å². The molecular weight excluding hydrogens is 300 g/mol. The Bertz CT molecular complexity index is 766. The van der Waals surface area contributed by atoms with E-state index < -0.39 is 0 Å². The molecule has 2 aromatic rings. The molecular formula is C19H24N4O. The molecule has 2 aliphatic heterocycles. The maximum atomic E-state index is 13.0. The molecule has 0 saturated carbocycles. The topological polar surface area (TPSA) is 41.4 Å². The Morgan fingerprint density at radius 1 is 1.29 bits per heavy atom. The molecule has 3 heterocycles. The van der Waals surface area contributed by atoms with Crippen molar-refractivity contribution < 1.29 is 4.79 Å². The lowest BCUT2D eigenvalue weighted by Crippen LogP contribution is -2.43. The van der Waals surface area contributed by atoms with Gasteiger partial charge in [-0.05, 0) is 37.8 Å². The van der Waals surface area contributed by atoms with Crippen LogP contribution in [0.15, 0.2) is 30.5 Å². The average Bonchev–Trinajstić information content (AvgIpc) is 3.27. The molecule has 1 saturated heterocycles. The summed E-state index contributed by atoms with van der Waals surface area (Å²) in [5.41, 5.74) is 4.33. The number of hydrogen-bond acceptors (Lipinski definition) is 3. The van der Waals surface area contributed by atoms with Crippen LogP contribution in [0.25, 0.3) is 0 Å².